The van der Waals surface area contributed by atoms with Gasteiger partial charge < -0.3 is 15.9 Å². The van der Waals surface area contributed by atoms with E-state index in [0.717, 1.165) is 23.1 Å². The molecule has 5 heteroatoms. The number of amides is 1. The van der Waals surface area contributed by atoms with E-state index in [4.69, 9.17) is 5.73 Å². The lowest BCUT2D eigenvalue weighted by Crippen LogP contribution is -2.34. The number of nitrogens with two attached hydrogens (primary N) is 1. The van der Waals surface area contributed by atoms with Crippen LogP contribution in [0.15, 0.2) is 84.9 Å². The van der Waals surface area contributed by atoms with Crippen LogP contribution in [0.1, 0.15) is 39.3 Å². The maximum atomic E-state index is 11.2. The van der Waals surface area contributed by atoms with E-state index in [0.29, 0.717) is 25.2 Å². The Hall–Kier alpha value is -2.99. The molecule has 3 rings (SSSR count). The number of nitrogens with zero attached hydrogens (tertiary/aromatic N) is 1. The van der Waals surface area contributed by atoms with Crippen molar-refractivity contribution < 1.29 is 15.0 Å². The first-order chi connectivity index (χ1) is 14.5. The number of carbonyl (C=O) groups excluding carboxylic acids is 1. The third-order valence-corrected chi connectivity index (χ3v) is 5.19. The molecular formula is C25H28N2O3. The summed E-state index contributed by atoms with van der Waals surface area (Å²) >= 11 is 0. The fourth-order valence-corrected chi connectivity index (χ4v) is 3.43. The highest BCUT2D eigenvalue weighted by atomic mass is 16.3. The Morgan fingerprint density at radius 2 is 1.23 bits per heavy atom. The second-order valence-corrected chi connectivity index (χ2v) is 7.42. The maximum Gasteiger partial charge on any atom is 0.248 e. The van der Waals surface area contributed by atoms with Gasteiger partial charge in [-0.2, -0.15) is 0 Å². The number of rotatable bonds is 10. The quantitative estimate of drug-likeness (QED) is 0.485. The zero-order chi connectivity index (χ0) is 21.3. The summed E-state index contributed by atoms with van der Waals surface area (Å²) in [6.07, 6.45) is -0.569. The van der Waals surface area contributed by atoms with Crippen molar-refractivity contribution >= 4 is 5.91 Å². The van der Waals surface area contributed by atoms with Crippen LogP contribution in [0.5, 0.6) is 0 Å². The average molecular weight is 405 g/mol. The maximum absolute atomic E-state index is 11.2. The summed E-state index contributed by atoms with van der Waals surface area (Å²) in [5.74, 6) is -0.444. The second-order valence-electron chi connectivity index (χ2n) is 7.42. The molecule has 1 amide bonds. The summed E-state index contributed by atoms with van der Waals surface area (Å²) in [5, 5.41) is 21.4. The zero-order valence-corrected chi connectivity index (χ0v) is 16.9. The van der Waals surface area contributed by atoms with Crippen LogP contribution < -0.4 is 5.73 Å². The lowest BCUT2D eigenvalue weighted by atomic mass is 10.1. The predicted molar refractivity (Wildman–Crippen MR) is 118 cm³/mol. The fourth-order valence-electron chi connectivity index (χ4n) is 3.43. The summed E-state index contributed by atoms with van der Waals surface area (Å²) in [4.78, 5) is 13.3. The molecule has 0 radical (unpaired) electrons. The molecule has 0 bridgehead atoms. The topological polar surface area (TPSA) is 86.8 Å². The molecule has 0 aliphatic carbocycles. The molecule has 0 aromatic heterocycles. The Labute approximate surface area is 177 Å². The van der Waals surface area contributed by atoms with E-state index in [1.165, 1.54) is 0 Å². The molecule has 0 aliphatic heterocycles. The average Bonchev–Trinajstić information content (AvgIpc) is 2.78. The van der Waals surface area contributed by atoms with E-state index < -0.39 is 18.1 Å². The third kappa shape index (κ3) is 6.26. The predicted octanol–water partition coefficient (Wildman–Crippen LogP) is 3.10. The standard InChI is InChI=1S/C25H28N2O3/c26-25(30)22-13-11-19(12-14-22)15-16-27(17-23(28)20-7-3-1-4-8-20)18-24(29)21-9-5-2-6-10-21/h1-14,23-24,28-29H,15-18H2,(H2,26,30)/t23-,24-/m0/s1. The first kappa shape index (κ1) is 21.7. The zero-order valence-electron chi connectivity index (χ0n) is 16.9. The summed E-state index contributed by atoms with van der Waals surface area (Å²) in [6, 6.07) is 26.3. The Bertz CT molecular complexity index is 867. The molecule has 0 heterocycles. The minimum atomic E-state index is -0.647. The molecule has 2 atom stereocenters. The van der Waals surface area contributed by atoms with Crippen molar-refractivity contribution in [3.63, 3.8) is 0 Å². The summed E-state index contributed by atoms with van der Waals surface area (Å²) in [6.45, 7) is 1.48. The Balaban J connectivity index is 1.68. The smallest absolute Gasteiger partial charge is 0.248 e. The van der Waals surface area contributed by atoms with Crippen molar-refractivity contribution in [2.45, 2.75) is 18.6 Å². The Morgan fingerprint density at radius 1 is 0.767 bits per heavy atom. The van der Waals surface area contributed by atoms with Crippen molar-refractivity contribution in [2.24, 2.45) is 5.73 Å². The van der Waals surface area contributed by atoms with Gasteiger partial charge in [0.25, 0.3) is 0 Å². The minimum Gasteiger partial charge on any atom is -0.387 e. The molecule has 0 saturated heterocycles. The molecule has 30 heavy (non-hydrogen) atoms. The first-order valence-electron chi connectivity index (χ1n) is 10.1. The van der Waals surface area contributed by atoms with E-state index in [-0.39, 0.29) is 0 Å². The second kappa shape index (κ2) is 10.7. The number of aliphatic hydroxyl groups excluding tert-OH is 2. The Kier molecular flexibility index (Phi) is 7.74. The molecule has 0 saturated carbocycles. The number of aliphatic hydroxyl groups is 2. The molecule has 0 aliphatic rings. The van der Waals surface area contributed by atoms with Crippen LogP contribution in [0.2, 0.25) is 0 Å². The molecule has 0 unspecified atom stereocenters. The lowest BCUT2D eigenvalue weighted by molar-refractivity contribution is 0.0694. The van der Waals surface area contributed by atoms with E-state index in [1.807, 2.05) is 72.8 Å². The van der Waals surface area contributed by atoms with E-state index in [2.05, 4.69) is 4.90 Å². The largest absolute Gasteiger partial charge is 0.387 e. The monoisotopic (exact) mass is 404 g/mol. The minimum absolute atomic E-state index is 0.410. The SMILES string of the molecule is NC(=O)c1ccc(CCN(C[C@H](O)c2ccccc2)C[C@H](O)c2ccccc2)cc1. The Morgan fingerprint density at radius 3 is 1.67 bits per heavy atom. The molecule has 4 N–H and O–H groups in total. The number of primary amides is 1. The molecule has 0 spiro atoms. The van der Waals surface area contributed by atoms with Gasteiger partial charge in [0.05, 0.1) is 12.2 Å². The van der Waals surface area contributed by atoms with E-state index >= 15 is 0 Å². The van der Waals surface area contributed by atoms with Gasteiger partial charge in [-0.1, -0.05) is 72.8 Å². The highest BCUT2D eigenvalue weighted by Gasteiger charge is 2.18. The van der Waals surface area contributed by atoms with Crippen molar-refractivity contribution in [3.8, 4) is 0 Å². The van der Waals surface area contributed by atoms with Crippen LogP contribution in [-0.4, -0.2) is 40.7 Å². The van der Waals surface area contributed by atoms with Crippen LogP contribution in [0.4, 0.5) is 0 Å². The molecular weight excluding hydrogens is 376 g/mol. The lowest BCUT2D eigenvalue weighted by Gasteiger charge is -2.27. The van der Waals surface area contributed by atoms with Gasteiger partial charge in [-0.05, 0) is 35.2 Å². The van der Waals surface area contributed by atoms with Crippen LogP contribution in [0.25, 0.3) is 0 Å². The van der Waals surface area contributed by atoms with Gasteiger partial charge >= 0.3 is 0 Å². The summed E-state index contributed by atoms with van der Waals surface area (Å²) in [5.41, 5.74) is 8.55. The van der Waals surface area contributed by atoms with Gasteiger partial charge in [0.1, 0.15) is 0 Å². The van der Waals surface area contributed by atoms with Crippen molar-refractivity contribution in [3.05, 3.63) is 107 Å². The highest BCUT2D eigenvalue weighted by molar-refractivity contribution is 5.92. The van der Waals surface area contributed by atoms with Gasteiger partial charge in [0.2, 0.25) is 5.91 Å². The number of benzene rings is 3. The highest BCUT2D eigenvalue weighted by Crippen LogP contribution is 2.19. The van der Waals surface area contributed by atoms with Gasteiger partial charge in [0.15, 0.2) is 0 Å². The normalized spacial score (nSPS) is 13.2. The molecule has 3 aromatic rings. The van der Waals surface area contributed by atoms with E-state index in [9.17, 15) is 15.0 Å². The van der Waals surface area contributed by atoms with Crippen LogP contribution in [0, 0.1) is 0 Å². The number of carbonyl (C=O) groups is 1. The van der Waals surface area contributed by atoms with E-state index in [1.54, 1.807) is 12.1 Å². The molecule has 3 aromatic carbocycles. The van der Waals surface area contributed by atoms with Crippen molar-refractivity contribution in [1.29, 1.82) is 0 Å². The van der Waals surface area contributed by atoms with Crippen LogP contribution in [0.3, 0.4) is 0 Å². The van der Waals surface area contributed by atoms with Gasteiger partial charge in [-0.3, -0.25) is 9.69 Å². The first-order valence-corrected chi connectivity index (χ1v) is 10.1. The van der Waals surface area contributed by atoms with Crippen LogP contribution >= 0.6 is 0 Å². The summed E-state index contributed by atoms with van der Waals surface area (Å²) in [7, 11) is 0. The van der Waals surface area contributed by atoms with Crippen molar-refractivity contribution in [2.75, 3.05) is 19.6 Å². The van der Waals surface area contributed by atoms with Gasteiger partial charge in [-0.15, -0.1) is 0 Å². The molecule has 156 valence electrons. The fraction of sp³-hybridized carbons (Fsp3) is 0.240. The molecule has 5 nitrogen and oxygen atoms in total. The summed E-state index contributed by atoms with van der Waals surface area (Å²) < 4.78 is 0. The molecule has 0 fully saturated rings. The third-order valence-electron chi connectivity index (χ3n) is 5.19. The number of hydrogen-bond acceptors (Lipinski definition) is 4. The van der Waals surface area contributed by atoms with Crippen LogP contribution in [-0.2, 0) is 6.42 Å². The van der Waals surface area contributed by atoms with Crippen molar-refractivity contribution in [1.82, 2.24) is 4.90 Å². The number of hydrogen-bond donors (Lipinski definition) is 3. The van der Waals surface area contributed by atoms with Gasteiger partial charge in [-0.25, -0.2) is 0 Å². The van der Waals surface area contributed by atoms with Gasteiger partial charge in [0, 0.05) is 25.2 Å².